The third-order valence-corrected chi connectivity index (χ3v) is 3.89. The minimum atomic E-state index is -4.23. The summed E-state index contributed by atoms with van der Waals surface area (Å²) in [4.78, 5) is 13.0. The highest BCUT2D eigenvalue weighted by Gasteiger charge is 2.29. The van der Waals surface area contributed by atoms with Gasteiger partial charge < -0.3 is 15.4 Å². The first-order valence-corrected chi connectivity index (χ1v) is 6.24. The standard InChI is InChI=1S/C11H15F3N2O2S/c1-6(17)9-7(15)8(18-3)10(19-9)16(2)5-4-11(12,13)14/h4-5,15H2,1-3H3. The van der Waals surface area contributed by atoms with Crippen LogP contribution in [-0.4, -0.2) is 32.7 Å². The predicted octanol–water partition coefficient (Wildman–Crippen LogP) is 2.93. The lowest BCUT2D eigenvalue weighted by molar-refractivity contribution is -0.132. The summed E-state index contributed by atoms with van der Waals surface area (Å²) >= 11 is 1.04. The Hall–Kier alpha value is -1.44. The zero-order valence-corrected chi connectivity index (χ0v) is 11.6. The largest absolute Gasteiger partial charge is 0.492 e. The van der Waals surface area contributed by atoms with Crippen LogP contribution in [0.15, 0.2) is 0 Å². The van der Waals surface area contributed by atoms with Gasteiger partial charge >= 0.3 is 6.18 Å². The van der Waals surface area contributed by atoms with Gasteiger partial charge in [-0.1, -0.05) is 0 Å². The zero-order chi connectivity index (χ0) is 14.8. The lowest BCUT2D eigenvalue weighted by Crippen LogP contribution is -2.23. The van der Waals surface area contributed by atoms with Crippen LogP contribution >= 0.6 is 11.3 Å². The summed E-state index contributed by atoms with van der Waals surface area (Å²) in [5.74, 6) is 0.0103. The quantitative estimate of drug-likeness (QED) is 0.849. The molecular formula is C11H15F3N2O2S. The van der Waals surface area contributed by atoms with Gasteiger partial charge in [-0.3, -0.25) is 4.79 Å². The highest BCUT2D eigenvalue weighted by molar-refractivity contribution is 7.19. The maximum absolute atomic E-state index is 12.2. The van der Waals surface area contributed by atoms with E-state index >= 15 is 0 Å². The van der Waals surface area contributed by atoms with Crippen molar-refractivity contribution in [2.75, 3.05) is 31.3 Å². The Balaban J connectivity index is 2.99. The summed E-state index contributed by atoms with van der Waals surface area (Å²) in [5.41, 5.74) is 5.93. The smallest absolute Gasteiger partial charge is 0.390 e. The maximum Gasteiger partial charge on any atom is 0.390 e. The van der Waals surface area contributed by atoms with Crippen molar-refractivity contribution >= 4 is 27.8 Å². The summed E-state index contributed by atoms with van der Waals surface area (Å²) in [6.45, 7) is 1.12. The fraction of sp³-hybridized carbons (Fsp3) is 0.545. The van der Waals surface area contributed by atoms with Gasteiger partial charge in [0.05, 0.1) is 24.1 Å². The number of carbonyl (C=O) groups is 1. The van der Waals surface area contributed by atoms with Gasteiger partial charge in [-0.2, -0.15) is 13.2 Å². The van der Waals surface area contributed by atoms with Gasteiger partial charge in [0.1, 0.15) is 5.00 Å². The van der Waals surface area contributed by atoms with E-state index in [4.69, 9.17) is 10.5 Å². The molecule has 0 radical (unpaired) electrons. The number of halogens is 3. The van der Waals surface area contributed by atoms with Gasteiger partial charge in [-0.05, 0) is 0 Å². The van der Waals surface area contributed by atoms with Crippen molar-refractivity contribution in [3.8, 4) is 5.75 Å². The number of Topliss-reactive ketones (excluding diaryl/α,β-unsaturated/α-hetero) is 1. The number of anilines is 2. The Morgan fingerprint density at radius 1 is 1.47 bits per heavy atom. The third kappa shape index (κ3) is 3.76. The molecule has 108 valence electrons. The van der Waals surface area contributed by atoms with E-state index in [1.54, 1.807) is 0 Å². The number of alkyl halides is 3. The lowest BCUT2D eigenvalue weighted by Gasteiger charge is -2.19. The molecule has 0 amide bonds. The number of rotatable bonds is 5. The van der Waals surface area contributed by atoms with Crippen molar-refractivity contribution in [1.29, 1.82) is 0 Å². The van der Waals surface area contributed by atoms with Crippen molar-refractivity contribution in [3.05, 3.63) is 4.88 Å². The highest BCUT2D eigenvalue weighted by atomic mass is 32.1. The molecular weight excluding hydrogens is 281 g/mol. The summed E-state index contributed by atoms with van der Waals surface area (Å²) in [5, 5.41) is 0.425. The van der Waals surface area contributed by atoms with Crippen LogP contribution in [0.1, 0.15) is 23.0 Å². The van der Waals surface area contributed by atoms with Gasteiger partial charge in [-0.25, -0.2) is 0 Å². The fourth-order valence-corrected chi connectivity index (χ4v) is 2.60. The van der Waals surface area contributed by atoms with Crippen LogP contribution in [0.25, 0.3) is 0 Å². The van der Waals surface area contributed by atoms with Crippen molar-refractivity contribution in [2.24, 2.45) is 0 Å². The Morgan fingerprint density at radius 3 is 2.47 bits per heavy atom. The fourth-order valence-electron chi connectivity index (χ4n) is 1.52. The van der Waals surface area contributed by atoms with E-state index < -0.39 is 12.6 Å². The van der Waals surface area contributed by atoms with Gasteiger partial charge in [0.2, 0.25) is 0 Å². The summed E-state index contributed by atoms with van der Waals surface area (Å²) in [6, 6.07) is 0. The van der Waals surface area contributed by atoms with Crippen LogP contribution in [0.5, 0.6) is 5.75 Å². The number of nitrogens with two attached hydrogens (primary N) is 1. The first-order chi connectivity index (χ1) is 8.67. The van der Waals surface area contributed by atoms with E-state index in [1.807, 2.05) is 0 Å². The minimum absolute atomic E-state index is 0.175. The lowest BCUT2D eigenvalue weighted by atomic mass is 10.3. The molecule has 0 spiro atoms. The number of hydrogen-bond donors (Lipinski definition) is 1. The van der Waals surface area contributed by atoms with Gasteiger partial charge in [0, 0.05) is 20.5 Å². The normalized spacial score (nSPS) is 11.5. The molecule has 1 heterocycles. The number of nitrogen functional groups attached to an aromatic ring is 1. The van der Waals surface area contributed by atoms with Crippen molar-refractivity contribution < 1.29 is 22.7 Å². The molecule has 0 fully saturated rings. The number of hydrogen-bond acceptors (Lipinski definition) is 5. The van der Waals surface area contributed by atoms with E-state index in [-0.39, 0.29) is 23.8 Å². The first kappa shape index (κ1) is 15.6. The SMILES string of the molecule is COc1c(N(C)CCC(F)(F)F)sc(C(C)=O)c1N. The molecule has 0 aromatic carbocycles. The number of methoxy groups -OCH3 is 1. The molecule has 2 N–H and O–H groups in total. The van der Waals surface area contributed by atoms with E-state index in [0.717, 1.165) is 11.3 Å². The molecule has 1 aromatic rings. The molecule has 0 aliphatic carbocycles. The molecule has 0 aliphatic rings. The maximum atomic E-state index is 12.2. The average molecular weight is 296 g/mol. The van der Waals surface area contributed by atoms with Crippen LogP contribution < -0.4 is 15.4 Å². The van der Waals surface area contributed by atoms with E-state index in [0.29, 0.717) is 9.88 Å². The third-order valence-electron chi connectivity index (χ3n) is 2.48. The molecule has 0 aliphatic heterocycles. The average Bonchev–Trinajstić information content (AvgIpc) is 2.62. The zero-order valence-electron chi connectivity index (χ0n) is 10.8. The van der Waals surface area contributed by atoms with Crippen LogP contribution in [-0.2, 0) is 0 Å². The number of carbonyl (C=O) groups excluding carboxylic acids is 1. The topological polar surface area (TPSA) is 55.6 Å². The van der Waals surface area contributed by atoms with Gasteiger partial charge in [-0.15, -0.1) is 11.3 Å². The molecule has 1 rings (SSSR count). The van der Waals surface area contributed by atoms with Crippen LogP contribution in [0.3, 0.4) is 0 Å². The molecule has 1 aromatic heterocycles. The molecule has 8 heteroatoms. The molecule has 0 atom stereocenters. The molecule has 0 unspecified atom stereocenters. The van der Waals surface area contributed by atoms with Gasteiger partial charge in [0.15, 0.2) is 11.5 Å². The van der Waals surface area contributed by atoms with E-state index in [1.165, 1.54) is 26.0 Å². The summed E-state index contributed by atoms with van der Waals surface area (Å²) in [6.07, 6.45) is -5.17. The van der Waals surface area contributed by atoms with E-state index in [2.05, 4.69) is 0 Å². The first-order valence-electron chi connectivity index (χ1n) is 5.42. The second-order valence-corrected chi connectivity index (χ2v) is 5.03. The van der Waals surface area contributed by atoms with Crippen molar-refractivity contribution in [1.82, 2.24) is 0 Å². The highest BCUT2D eigenvalue weighted by Crippen LogP contribution is 2.44. The predicted molar refractivity (Wildman–Crippen MR) is 69.2 cm³/mol. The molecule has 4 nitrogen and oxygen atoms in total. The second-order valence-electron chi connectivity index (χ2n) is 4.03. The summed E-state index contributed by atoms with van der Waals surface area (Å²) < 4.78 is 41.7. The number of nitrogens with zero attached hydrogens (tertiary/aromatic N) is 1. The van der Waals surface area contributed by atoms with Gasteiger partial charge in [0.25, 0.3) is 0 Å². The Bertz CT molecular complexity index is 471. The monoisotopic (exact) mass is 296 g/mol. The van der Waals surface area contributed by atoms with Crippen molar-refractivity contribution in [2.45, 2.75) is 19.5 Å². The minimum Gasteiger partial charge on any atom is -0.492 e. The van der Waals surface area contributed by atoms with E-state index in [9.17, 15) is 18.0 Å². The van der Waals surface area contributed by atoms with Crippen LogP contribution in [0.2, 0.25) is 0 Å². The molecule has 0 saturated carbocycles. The Kier molecular flexibility index (Phi) is 4.67. The Morgan fingerprint density at radius 2 is 2.05 bits per heavy atom. The van der Waals surface area contributed by atoms with Crippen LogP contribution in [0, 0.1) is 0 Å². The molecule has 0 saturated heterocycles. The number of ether oxygens (including phenoxy) is 1. The molecule has 0 bridgehead atoms. The van der Waals surface area contributed by atoms with Crippen molar-refractivity contribution in [3.63, 3.8) is 0 Å². The number of thiophene rings is 1. The second kappa shape index (κ2) is 5.68. The molecule has 19 heavy (non-hydrogen) atoms. The summed E-state index contributed by atoms with van der Waals surface area (Å²) in [7, 11) is 2.87. The number of ketones is 1. The van der Waals surface area contributed by atoms with Crippen LogP contribution in [0.4, 0.5) is 23.9 Å². The Labute approximate surface area is 112 Å².